The van der Waals surface area contributed by atoms with Crippen LogP contribution in [0.15, 0.2) is 59.3 Å². The molecule has 1 fully saturated rings. The van der Waals surface area contributed by atoms with Crippen LogP contribution in [0, 0.1) is 0 Å². The zero-order chi connectivity index (χ0) is 19.8. The average Bonchev–Trinajstić information content (AvgIpc) is 3.41. The quantitative estimate of drug-likeness (QED) is 0.686. The van der Waals surface area contributed by atoms with E-state index in [9.17, 15) is 4.79 Å². The largest absolute Gasteiger partial charge is 0.459 e. The first-order chi connectivity index (χ1) is 14.2. The van der Waals surface area contributed by atoms with Gasteiger partial charge in [-0.05, 0) is 43.2 Å². The van der Waals surface area contributed by atoms with Crippen LogP contribution >= 0.6 is 0 Å². The number of aromatic nitrogens is 2. The van der Waals surface area contributed by atoms with Gasteiger partial charge in [-0.3, -0.25) is 4.79 Å². The minimum atomic E-state index is -0.0631. The van der Waals surface area contributed by atoms with Gasteiger partial charge in [-0.25, -0.2) is 4.98 Å². The monoisotopic (exact) mass is 389 g/mol. The molecular weight excluding hydrogens is 366 g/mol. The van der Waals surface area contributed by atoms with Gasteiger partial charge >= 0.3 is 0 Å². The Kier molecular flexibility index (Phi) is 4.42. The molecule has 0 spiro atoms. The highest BCUT2D eigenvalue weighted by Gasteiger charge is 2.29. The van der Waals surface area contributed by atoms with Crippen LogP contribution in [-0.4, -0.2) is 53.0 Å². The number of hydrogen-bond donors (Lipinski definition) is 0. The Labute approximate surface area is 169 Å². The van der Waals surface area contributed by atoms with E-state index in [2.05, 4.69) is 46.0 Å². The van der Waals surface area contributed by atoms with Crippen LogP contribution in [0.1, 0.15) is 23.0 Å². The summed E-state index contributed by atoms with van der Waals surface area (Å²) in [5.41, 5.74) is 2.57. The standard InChI is InChI=1S/C22H23N5O2/c1-16-15-17-5-2-3-6-18(17)27(16)20-8-9-23-22(24-20)26-12-10-25(11-13-26)21(28)19-7-4-14-29-19/h2-9,14,16H,10-13,15H2,1H3. The second-order valence-electron chi connectivity index (χ2n) is 7.52. The zero-order valence-corrected chi connectivity index (χ0v) is 16.4. The number of furan rings is 1. The second kappa shape index (κ2) is 7.24. The molecule has 2 aromatic heterocycles. The molecule has 3 aromatic rings. The maximum Gasteiger partial charge on any atom is 0.289 e. The van der Waals surface area contributed by atoms with E-state index in [4.69, 9.17) is 9.40 Å². The fourth-order valence-electron chi connectivity index (χ4n) is 4.21. The molecule has 1 amide bonds. The minimum Gasteiger partial charge on any atom is -0.459 e. The smallest absolute Gasteiger partial charge is 0.289 e. The zero-order valence-electron chi connectivity index (χ0n) is 16.4. The van der Waals surface area contributed by atoms with E-state index < -0.39 is 0 Å². The van der Waals surface area contributed by atoms with Crippen molar-refractivity contribution in [2.24, 2.45) is 0 Å². The van der Waals surface area contributed by atoms with Crippen LogP contribution in [0.4, 0.5) is 17.5 Å². The van der Waals surface area contributed by atoms with Crippen LogP contribution in [0.25, 0.3) is 0 Å². The van der Waals surface area contributed by atoms with E-state index in [0.29, 0.717) is 43.9 Å². The van der Waals surface area contributed by atoms with Crippen molar-refractivity contribution in [2.45, 2.75) is 19.4 Å². The fraction of sp³-hybridized carbons (Fsp3) is 0.318. The Bertz CT molecular complexity index is 1010. The summed E-state index contributed by atoms with van der Waals surface area (Å²) in [6, 6.07) is 14.3. The summed E-state index contributed by atoms with van der Waals surface area (Å²) in [5, 5.41) is 0. The topological polar surface area (TPSA) is 65.7 Å². The average molecular weight is 389 g/mol. The van der Waals surface area contributed by atoms with E-state index in [1.54, 1.807) is 12.1 Å². The van der Waals surface area contributed by atoms with Gasteiger partial charge in [-0.15, -0.1) is 0 Å². The molecule has 4 heterocycles. The van der Waals surface area contributed by atoms with Crippen molar-refractivity contribution in [3.8, 4) is 0 Å². The third kappa shape index (κ3) is 3.22. The Hall–Kier alpha value is -3.35. The maximum absolute atomic E-state index is 12.5. The van der Waals surface area contributed by atoms with Gasteiger partial charge in [0.05, 0.1) is 6.26 Å². The summed E-state index contributed by atoms with van der Waals surface area (Å²) in [4.78, 5) is 28.1. The third-order valence-electron chi connectivity index (χ3n) is 5.66. The molecule has 1 unspecified atom stereocenters. The SMILES string of the molecule is CC1Cc2ccccc2N1c1ccnc(N2CCN(C(=O)c3ccco3)CC2)n1. The Morgan fingerprint density at radius 3 is 2.69 bits per heavy atom. The molecule has 0 bridgehead atoms. The van der Waals surface area contributed by atoms with Gasteiger partial charge in [-0.2, -0.15) is 4.98 Å². The van der Waals surface area contributed by atoms with Crippen molar-refractivity contribution in [1.29, 1.82) is 0 Å². The number of anilines is 3. The number of para-hydroxylation sites is 1. The molecule has 0 radical (unpaired) electrons. The lowest BCUT2D eigenvalue weighted by atomic mass is 10.1. The van der Waals surface area contributed by atoms with Crippen molar-refractivity contribution in [2.75, 3.05) is 36.0 Å². The first-order valence-corrected chi connectivity index (χ1v) is 9.98. The number of benzene rings is 1. The van der Waals surface area contributed by atoms with Gasteiger partial charge in [0.25, 0.3) is 5.91 Å². The van der Waals surface area contributed by atoms with Crippen LogP contribution in [0.3, 0.4) is 0 Å². The molecule has 2 aliphatic heterocycles. The summed E-state index contributed by atoms with van der Waals surface area (Å²) < 4.78 is 5.24. The molecule has 1 atom stereocenters. The van der Waals surface area contributed by atoms with Gasteiger partial charge in [0.1, 0.15) is 5.82 Å². The molecule has 0 aliphatic carbocycles. The van der Waals surface area contributed by atoms with Gasteiger partial charge in [0.15, 0.2) is 5.76 Å². The number of fused-ring (bicyclic) bond motifs is 1. The predicted molar refractivity (Wildman–Crippen MR) is 111 cm³/mol. The highest BCUT2D eigenvalue weighted by atomic mass is 16.3. The third-order valence-corrected chi connectivity index (χ3v) is 5.66. The number of piperazine rings is 1. The summed E-state index contributed by atoms with van der Waals surface area (Å²) in [6.45, 7) is 4.86. The molecule has 29 heavy (non-hydrogen) atoms. The highest BCUT2D eigenvalue weighted by Crippen LogP contribution is 2.37. The Morgan fingerprint density at radius 1 is 1.07 bits per heavy atom. The lowest BCUT2D eigenvalue weighted by Gasteiger charge is -2.34. The number of amides is 1. The van der Waals surface area contributed by atoms with Gasteiger partial charge in [0, 0.05) is 44.1 Å². The normalized spacial score (nSPS) is 18.8. The Balaban J connectivity index is 1.32. The molecule has 5 rings (SSSR count). The summed E-state index contributed by atoms with van der Waals surface area (Å²) in [5.74, 6) is 1.95. The van der Waals surface area contributed by atoms with E-state index in [0.717, 1.165) is 12.2 Å². The summed E-state index contributed by atoms with van der Waals surface area (Å²) >= 11 is 0. The van der Waals surface area contributed by atoms with E-state index in [-0.39, 0.29) is 5.91 Å². The molecule has 148 valence electrons. The van der Waals surface area contributed by atoms with E-state index in [1.807, 2.05) is 17.2 Å². The molecule has 1 aromatic carbocycles. The number of carbonyl (C=O) groups is 1. The molecule has 7 nitrogen and oxygen atoms in total. The van der Waals surface area contributed by atoms with Crippen molar-refractivity contribution >= 4 is 23.4 Å². The lowest BCUT2D eigenvalue weighted by molar-refractivity contribution is 0.0714. The van der Waals surface area contributed by atoms with Crippen LogP contribution < -0.4 is 9.80 Å². The number of nitrogens with zero attached hydrogens (tertiary/aromatic N) is 5. The maximum atomic E-state index is 12.5. The predicted octanol–water partition coefficient (Wildman–Crippen LogP) is 3.11. The van der Waals surface area contributed by atoms with Crippen molar-refractivity contribution in [3.05, 3.63) is 66.2 Å². The number of carbonyl (C=O) groups excluding carboxylic acids is 1. The number of hydrogen-bond acceptors (Lipinski definition) is 6. The van der Waals surface area contributed by atoms with Gasteiger partial charge < -0.3 is 19.1 Å². The molecule has 0 saturated carbocycles. The first-order valence-electron chi connectivity index (χ1n) is 9.98. The molecular formula is C22H23N5O2. The van der Waals surface area contributed by atoms with Gasteiger partial charge in [-0.1, -0.05) is 18.2 Å². The fourth-order valence-corrected chi connectivity index (χ4v) is 4.21. The van der Waals surface area contributed by atoms with Crippen LogP contribution in [0.2, 0.25) is 0 Å². The number of rotatable bonds is 3. The van der Waals surface area contributed by atoms with E-state index in [1.165, 1.54) is 17.5 Å². The van der Waals surface area contributed by atoms with Crippen molar-refractivity contribution < 1.29 is 9.21 Å². The second-order valence-corrected chi connectivity index (χ2v) is 7.52. The highest BCUT2D eigenvalue weighted by molar-refractivity contribution is 5.91. The molecule has 7 heteroatoms. The van der Waals surface area contributed by atoms with Crippen molar-refractivity contribution in [3.63, 3.8) is 0 Å². The van der Waals surface area contributed by atoms with Crippen LogP contribution in [-0.2, 0) is 6.42 Å². The summed E-state index contributed by atoms with van der Waals surface area (Å²) in [7, 11) is 0. The Morgan fingerprint density at radius 2 is 1.90 bits per heavy atom. The molecule has 0 N–H and O–H groups in total. The molecule has 2 aliphatic rings. The minimum absolute atomic E-state index is 0.0631. The van der Waals surface area contributed by atoms with Gasteiger partial charge in [0.2, 0.25) is 5.95 Å². The summed E-state index contributed by atoms with van der Waals surface area (Å²) in [6.07, 6.45) is 4.37. The van der Waals surface area contributed by atoms with Crippen molar-refractivity contribution in [1.82, 2.24) is 14.9 Å². The molecule has 1 saturated heterocycles. The van der Waals surface area contributed by atoms with E-state index >= 15 is 0 Å². The van der Waals surface area contributed by atoms with Crippen LogP contribution in [0.5, 0.6) is 0 Å². The first kappa shape index (κ1) is 17.7. The lowest BCUT2D eigenvalue weighted by Crippen LogP contribution is -2.49.